The van der Waals surface area contributed by atoms with Gasteiger partial charge in [0, 0.05) is 16.4 Å². The number of carboxylic acids is 1. The van der Waals surface area contributed by atoms with Gasteiger partial charge < -0.3 is 10.4 Å². The molecular weight excluding hydrogens is 294 g/mol. The normalized spacial score (nSPS) is 28.1. The van der Waals surface area contributed by atoms with E-state index in [1.807, 2.05) is 24.3 Å². The fourth-order valence-electron chi connectivity index (χ4n) is 2.59. The third-order valence-corrected chi connectivity index (χ3v) is 6.18. The summed E-state index contributed by atoms with van der Waals surface area (Å²) in [5, 5.41) is 12.2. The summed E-state index contributed by atoms with van der Waals surface area (Å²) in [6.07, 6.45) is 0.500. The maximum atomic E-state index is 12.5. The first-order chi connectivity index (χ1) is 9.62. The van der Waals surface area contributed by atoms with Crippen molar-refractivity contribution in [3.8, 4) is 0 Å². The summed E-state index contributed by atoms with van der Waals surface area (Å²) >= 11 is 3.23. The summed E-state index contributed by atoms with van der Waals surface area (Å²) in [5.74, 6) is 0.604. The van der Waals surface area contributed by atoms with E-state index in [4.69, 9.17) is 0 Å². The lowest BCUT2D eigenvalue weighted by atomic mass is 9.95. The van der Waals surface area contributed by atoms with Crippen LogP contribution in [0.2, 0.25) is 0 Å². The number of carbonyl (C=O) groups excluding carboxylic acids is 1. The van der Waals surface area contributed by atoms with Crippen molar-refractivity contribution in [2.75, 3.05) is 17.3 Å². The zero-order valence-electron chi connectivity index (χ0n) is 10.8. The maximum Gasteiger partial charge on any atom is 0.330 e. The van der Waals surface area contributed by atoms with Gasteiger partial charge in [-0.15, -0.1) is 11.8 Å². The first kappa shape index (κ1) is 13.8. The van der Waals surface area contributed by atoms with Crippen LogP contribution in [0.5, 0.6) is 0 Å². The first-order valence-corrected chi connectivity index (χ1v) is 8.61. The van der Waals surface area contributed by atoms with Gasteiger partial charge in [0.2, 0.25) is 5.91 Å². The largest absolute Gasteiger partial charge is 0.479 e. The van der Waals surface area contributed by atoms with Gasteiger partial charge in [0.15, 0.2) is 0 Å². The maximum absolute atomic E-state index is 12.5. The molecule has 2 N–H and O–H groups in total. The van der Waals surface area contributed by atoms with E-state index in [2.05, 4.69) is 5.32 Å². The lowest BCUT2D eigenvalue weighted by Gasteiger charge is -2.26. The number of nitrogens with one attached hydrogen (secondary N) is 1. The quantitative estimate of drug-likeness (QED) is 0.893. The summed E-state index contributed by atoms with van der Waals surface area (Å²) in [4.78, 5) is 25.1. The number of thioether (sulfide) groups is 2. The molecule has 1 aromatic rings. The molecule has 0 spiro atoms. The molecule has 0 radical (unpaired) electrons. The van der Waals surface area contributed by atoms with Crippen LogP contribution in [0.1, 0.15) is 17.9 Å². The highest BCUT2D eigenvalue weighted by Crippen LogP contribution is 2.40. The minimum Gasteiger partial charge on any atom is -0.479 e. The lowest BCUT2D eigenvalue weighted by molar-refractivity contribution is -0.146. The monoisotopic (exact) mass is 309 g/mol. The van der Waals surface area contributed by atoms with Crippen LogP contribution in [-0.2, 0) is 9.59 Å². The Hall–Kier alpha value is -1.14. The molecule has 0 saturated carbocycles. The predicted molar refractivity (Wildman–Crippen MR) is 80.4 cm³/mol. The topological polar surface area (TPSA) is 66.4 Å². The van der Waals surface area contributed by atoms with Crippen molar-refractivity contribution in [1.82, 2.24) is 5.32 Å². The van der Waals surface area contributed by atoms with Crippen LogP contribution in [0, 0.1) is 0 Å². The number of aliphatic carboxylic acids is 1. The molecule has 1 saturated heterocycles. The number of hydrogen-bond acceptors (Lipinski definition) is 4. The number of benzene rings is 1. The molecule has 20 heavy (non-hydrogen) atoms. The average molecular weight is 309 g/mol. The second kappa shape index (κ2) is 5.33. The van der Waals surface area contributed by atoms with Crippen LogP contribution < -0.4 is 5.32 Å². The van der Waals surface area contributed by atoms with Crippen molar-refractivity contribution in [1.29, 1.82) is 0 Å². The minimum absolute atomic E-state index is 0.160. The molecule has 2 atom stereocenters. The molecular formula is C14H15NO3S2. The van der Waals surface area contributed by atoms with Crippen LogP contribution in [0.25, 0.3) is 0 Å². The van der Waals surface area contributed by atoms with Crippen molar-refractivity contribution < 1.29 is 14.7 Å². The zero-order chi connectivity index (χ0) is 14.2. The van der Waals surface area contributed by atoms with Crippen molar-refractivity contribution in [2.45, 2.75) is 22.8 Å². The number of fused-ring (bicyclic) bond motifs is 1. The van der Waals surface area contributed by atoms with Gasteiger partial charge in [-0.1, -0.05) is 18.2 Å². The van der Waals surface area contributed by atoms with Gasteiger partial charge in [0.1, 0.15) is 5.54 Å². The Morgan fingerprint density at radius 2 is 2.15 bits per heavy atom. The Morgan fingerprint density at radius 3 is 2.85 bits per heavy atom. The Morgan fingerprint density at radius 1 is 1.35 bits per heavy atom. The van der Waals surface area contributed by atoms with Gasteiger partial charge in [0.05, 0.1) is 5.92 Å². The van der Waals surface area contributed by atoms with Crippen LogP contribution >= 0.6 is 23.5 Å². The Bertz CT molecular complexity index is 555. The minimum atomic E-state index is -1.08. The van der Waals surface area contributed by atoms with Crippen LogP contribution in [0.4, 0.5) is 0 Å². The Kier molecular flexibility index (Phi) is 3.69. The molecule has 0 aliphatic carbocycles. The van der Waals surface area contributed by atoms with E-state index in [9.17, 15) is 14.7 Å². The molecule has 0 aromatic heterocycles. The Balaban J connectivity index is 1.79. The van der Waals surface area contributed by atoms with Crippen molar-refractivity contribution in [3.63, 3.8) is 0 Å². The average Bonchev–Trinajstić information content (AvgIpc) is 3.05. The van der Waals surface area contributed by atoms with E-state index in [0.717, 1.165) is 16.2 Å². The first-order valence-electron chi connectivity index (χ1n) is 6.47. The second-order valence-electron chi connectivity index (χ2n) is 5.08. The van der Waals surface area contributed by atoms with Gasteiger partial charge in [0.25, 0.3) is 0 Å². The van der Waals surface area contributed by atoms with Crippen LogP contribution in [-0.4, -0.2) is 39.8 Å². The number of amides is 1. The fourth-order valence-corrected chi connectivity index (χ4v) is 5.14. The van der Waals surface area contributed by atoms with Gasteiger partial charge in [-0.25, -0.2) is 4.79 Å². The summed E-state index contributed by atoms with van der Waals surface area (Å²) in [7, 11) is 0. The number of carbonyl (C=O) groups is 2. The third-order valence-electron chi connectivity index (χ3n) is 3.81. The molecule has 2 aliphatic rings. The van der Waals surface area contributed by atoms with Gasteiger partial charge in [-0.2, -0.15) is 11.8 Å². The molecule has 0 unspecified atom stereocenters. The van der Waals surface area contributed by atoms with E-state index >= 15 is 0 Å². The summed E-state index contributed by atoms with van der Waals surface area (Å²) in [5.41, 5.74) is -0.0644. The summed E-state index contributed by atoms with van der Waals surface area (Å²) in [6.45, 7) is 0. The van der Waals surface area contributed by atoms with E-state index in [-0.39, 0.29) is 11.8 Å². The SMILES string of the molecule is O=C(N[C@@]1(C(=O)O)CCSC1)[C@H]1CSc2ccccc21. The zero-order valence-corrected chi connectivity index (χ0v) is 12.4. The molecule has 3 rings (SSSR count). The summed E-state index contributed by atoms with van der Waals surface area (Å²) < 4.78 is 0. The molecule has 106 valence electrons. The van der Waals surface area contributed by atoms with Crippen molar-refractivity contribution in [2.24, 2.45) is 0 Å². The van der Waals surface area contributed by atoms with Crippen molar-refractivity contribution >= 4 is 35.4 Å². The van der Waals surface area contributed by atoms with Crippen molar-refractivity contribution in [3.05, 3.63) is 29.8 Å². The number of rotatable bonds is 3. The molecule has 4 nitrogen and oxygen atoms in total. The van der Waals surface area contributed by atoms with E-state index in [1.54, 1.807) is 23.5 Å². The van der Waals surface area contributed by atoms with E-state index in [1.165, 1.54) is 0 Å². The smallest absolute Gasteiger partial charge is 0.330 e. The third kappa shape index (κ3) is 2.31. The molecule has 2 aliphatic heterocycles. The van der Waals surface area contributed by atoms with E-state index in [0.29, 0.717) is 17.9 Å². The Labute approximate surface area is 125 Å². The lowest BCUT2D eigenvalue weighted by Crippen LogP contribution is -2.55. The molecule has 1 aromatic carbocycles. The highest BCUT2D eigenvalue weighted by molar-refractivity contribution is 7.99. The fraction of sp³-hybridized carbons (Fsp3) is 0.429. The number of hydrogen-bond donors (Lipinski definition) is 2. The second-order valence-corrected chi connectivity index (χ2v) is 7.25. The predicted octanol–water partition coefficient (Wildman–Crippen LogP) is 1.95. The van der Waals surface area contributed by atoms with Gasteiger partial charge >= 0.3 is 5.97 Å². The molecule has 2 heterocycles. The van der Waals surface area contributed by atoms with Crippen LogP contribution in [0.15, 0.2) is 29.2 Å². The molecule has 6 heteroatoms. The van der Waals surface area contributed by atoms with E-state index < -0.39 is 11.5 Å². The summed E-state index contributed by atoms with van der Waals surface area (Å²) in [6, 6.07) is 7.84. The van der Waals surface area contributed by atoms with Crippen LogP contribution in [0.3, 0.4) is 0 Å². The van der Waals surface area contributed by atoms with Gasteiger partial charge in [-0.05, 0) is 23.8 Å². The highest BCUT2D eigenvalue weighted by atomic mass is 32.2. The molecule has 0 bridgehead atoms. The van der Waals surface area contributed by atoms with Gasteiger partial charge in [-0.3, -0.25) is 4.79 Å². The standard InChI is InChI=1S/C14H15NO3S2/c16-12(15-14(13(17)18)5-6-19-8-14)10-7-20-11-4-2-1-3-9(10)11/h1-4,10H,5-8H2,(H,15,16)(H,17,18)/t10-,14-/m0/s1. The highest BCUT2D eigenvalue weighted by Gasteiger charge is 2.45. The molecule has 1 fully saturated rings. The number of carboxylic acid groups (broad SMARTS) is 1. The molecule has 1 amide bonds.